The number of nitriles is 1. The average molecular weight is 104 g/mol. The molecule has 0 aliphatic carbocycles. The van der Waals surface area contributed by atoms with Gasteiger partial charge in [-0.15, -0.1) is 0 Å². The van der Waals surface area contributed by atoms with Gasteiger partial charge in [-0.3, -0.25) is 0 Å². The Hall–Kier alpha value is -0.550. The predicted octanol–water partition coefficient (Wildman–Crippen LogP) is 0.316. The molecule has 0 fully saturated rings. The first kappa shape index (κ1) is 5.45. The van der Waals surface area contributed by atoms with Crippen LogP contribution < -0.4 is 0 Å². The number of carbonyl (C=O) groups excluding carboxylic acids is 1. The Balaban J connectivity index is 3.30. The Kier molecular flexibility index (Phi) is 2.43. The largest absolute Gasteiger partial charge is 0.301 e. The number of carbonyl (C=O) groups is 1. The maximum absolute atomic E-state index is 9.38. The van der Waals surface area contributed by atoms with Crippen molar-refractivity contribution >= 4 is 17.9 Å². The monoisotopic (exact) mass is 103 g/mol. The maximum Gasteiger partial charge on any atom is 0.175 e. The molecule has 0 saturated carbocycles. The smallest absolute Gasteiger partial charge is 0.175 e. The summed E-state index contributed by atoms with van der Waals surface area (Å²) in [5, 5.41) is 6.75. The molecule has 0 aliphatic heterocycles. The third-order valence-corrected chi connectivity index (χ3v) is 0.443. The van der Waals surface area contributed by atoms with Crippen molar-refractivity contribution in [2.75, 3.05) is 0 Å². The van der Waals surface area contributed by atoms with Gasteiger partial charge >= 0.3 is 0 Å². The molecule has 0 saturated heterocycles. The molecule has 0 radical (unpaired) electrons. The first-order chi connectivity index (χ1) is 2.81. The second-order valence-corrected chi connectivity index (χ2v) is 1.14. The molecule has 0 aromatic heterocycles. The van der Waals surface area contributed by atoms with Crippen molar-refractivity contribution in [3.05, 3.63) is 0 Å². The molecule has 0 bridgehead atoms. The van der Waals surface area contributed by atoms with Gasteiger partial charge < -0.3 is 4.79 Å². The quantitative estimate of drug-likeness (QED) is 0.354. The van der Waals surface area contributed by atoms with E-state index in [2.05, 4.69) is 0 Å². The number of rotatable bonds is 1. The second-order valence-electron chi connectivity index (χ2n) is 0.667. The van der Waals surface area contributed by atoms with E-state index < -0.39 is 5.38 Å². The molecule has 0 rings (SSSR count). The van der Waals surface area contributed by atoms with Crippen LogP contribution in [-0.4, -0.2) is 11.7 Å². The van der Waals surface area contributed by atoms with Crippen LogP contribution in [0.3, 0.4) is 0 Å². The Morgan fingerprint density at radius 2 is 2.50 bits per heavy atom. The summed E-state index contributed by atoms with van der Waals surface area (Å²) in [5.74, 6) is 0. The van der Waals surface area contributed by atoms with Gasteiger partial charge in [0, 0.05) is 0 Å². The number of hydrogen-bond donors (Lipinski definition) is 0. The van der Waals surface area contributed by atoms with E-state index in [0.29, 0.717) is 6.29 Å². The highest BCUT2D eigenvalue weighted by atomic mass is 35.5. The van der Waals surface area contributed by atoms with Gasteiger partial charge in [-0.25, -0.2) is 0 Å². The van der Waals surface area contributed by atoms with Crippen LogP contribution in [0.25, 0.3) is 0 Å². The molecule has 0 aromatic carbocycles. The van der Waals surface area contributed by atoms with E-state index in [1.165, 1.54) is 6.07 Å². The van der Waals surface area contributed by atoms with Gasteiger partial charge in [-0.05, 0) is 0 Å². The summed E-state index contributed by atoms with van der Waals surface area (Å²) in [5.41, 5.74) is 0. The summed E-state index contributed by atoms with van der Waals surface area (Å²) in [7, 11) is 0. The minimum absolute atomic E-state index is 0.377. The van der Waals surface area contributed by atoms with Crippen LogP contribution in [0.1, 0.15) is 0 Å². The van der Waals surface area contributed by atoms with Crippen molar-refractivity contribution in [3.63, 3.8) is 0 Å². The van der Waals surface area contributed by atoms with Crippen LogP contribution in [0, 0.1) is 11.3 Å². The second kappa shape index (κ2) is 2.67. The summed E-state index contributed by atoms with van der Waals surface area (Å²) >= 11 is 4.92. The number of aldehydes is 1. The molecule has 0 N–H and O–H groups in total. The summed E-state index contributed by atoms with van der Waals surface area (Å²) in [6, 6.07) is 1.51. The number of hydrogen-bond acceptors (Lipinski definition) is 2. The van der Waals surface area contributed by atoms with Gasteiger partial charge in [-0.2, -0.15) is 5.26 Å². The molecule has 6 heavy (non-hydrogen) atoms. The van der Waals surface area contributed by atoms with Crippen LogP contribution in [0.15, 0.2) is 0 Å². The lowest BCUT2D eigenvalue weighted by Gasteiger charge is -1.72. The van der Waals surface area contributed by atoms with Crippen molar-refractivity contribution < 1.29 is 4.79 Å². The number of alkyl halides is 1. The van der Waals surface area contributed by atoms with Crippen molar-refractivity contribution in [1.82, 2.24) is 0 Å². The normalized spacial score (nSPS) is 12.0. The third kappa shape index (κ3) is 1.74. The lowest BCUT2D eigenvalue weighted by molar-refractivity contribution is -0.106. The molecule has 0 unspecified atom stereocenters. The van der Waals surface area contributed by atoms with Crippen molar-refractivity contribution in [2.45, 2.75) is 5.38 Å². The van der Waals surface area contributed by atoms with Crippen LogP contribution in [0.4, 0.5) is 0 Å². The maximum atomic E-state index is 9.38. The van der Waals surface area contributed by atoms with Crippen molar-refractivity contribution in [2.24, 2.45) is 0 Å². The van der Waals surface area contributed by atoms with E-state index in [1.54, 1.807) is 0 Å². The fraction of sp³-hybridized carbons (Fsp3) is 0.333. The highest BCUT2D eigenvalue weighted by Gasteiger charge is 1.92. The van der Waals surface area contributed by atoms with Crippen LogP contribution in [-0.2, 0) is 4.79 Å². The van der Waals surface area contributed by atoms with Gasteiger partial charge in [-0.1, -0.05) is 11.6 Å². The van der Waals surface area contributed by atoms with E-state index in [0.717, 1.165) is 0 Å². The van der Waals surface area contributed by atoms with E-state index in [1.807, 2.05) is 0 Å². The Morgan fingerprint density at radius 3 is 2.50 bits per heavy atom. The van der Waals surface area contributed by atoms with Gasteiger partial charge in [0.1, 0.15) is 0 Å². The number of halogens is 1. The minimum Gasteiger partial charge on any atom is -0.301 e. The molecule has 2 nitrogen and oxygen atoms in total. The standard InChI is InChI=1S/C3H2ClNO/c4-3(1-5)2-6/h2-3H/t3-/m1/s1. The molecule has 32 valence electrons. The average Bonchev–Trinajstić information content (AvgIpc) is 1.65. The first-order valence-electron chi connectivity index (χ1n) is 1.30. The lowest BCUT2D eigenvalue weighted by Crippen LogP contribution is -1.91. The zero-order valence-corrected chi connectivity index (χ0v) is 3.64. The fourth-order valence-corrected chi connectivity index (χ4v) is 0.0304. The summed E-state index contributed by atoms with van der Waals surface area (Å²) in [6.07, 6.45) is 0.377. The zero-order valence-electron chi connectivity index (χ0n) is 2.89. The molecular weight excluding hydrogens is 101 g/mol. The molecule has 0 spiro atoms. The molecular formula is C3H2ClNO. The van der Waals surface area contributed by atoms with E-state index in [4.69, 9.17) is 16.9 Å². The number of nitrogens with zero attached hydrogens (tertiary/aromatic N) is 1. The highest BCUT2D eigenvalue weighted by Crippen LogP contribution is 1.83. The van der Waals surface area contributed by atoms with Gasteiger partial charge in [0.05, 0.1) is 6.07 Å². The molecule has 0 heterocycles. The highest BCUT2D eigenvalue weighted by molar-refractivity contribution is 6.29. The molecule has 0 aliphatic rings. The summed E-state index contributed by atoms with van der Waals surface area (Å²) in [4.78, 5) is 9.38. The Morgan fingerprint density at radius 1 is 2.00 bits per heavy atom. The van der Waals surface area contributed by atoms with Gasteiger partial charge in [0.2, 0.25) is 0 Å². The van der Waals surface area contributed by atoms with Crippen LogP contribution in [0.2, 0.25) is 0 Å². The van der Waals surface area contributed by atoms with Crippen LogP contribution >= 0.6 is 11.6 Å². The first-order valence-corrected chi connectivity index (χ1v) is 1.74. The fourth-order valence-electron chi connectivity index (χ4n) is 0.0304. The van der Waals surface area contributed by atoms with Crippen molar-refractivity contribution in [3.8, 4) is 6.07 Å². The van der Waals surface area contributed by atoms with E-state index in [9.17, 15) is 4.79 Å². The lowest BCUT2D eigenvalue weighted by atomic mass is 10.5. The molecule has 3 heteroatoms. The van der Waals surface area contributed by atoms with E-state index >= 15 is 0 Å². The predicted molar refractivity (Wildman–Crippen MR) is 21.3 cm³/mol. The van der Waals surface area contributed by atoms with E-state index in [-0.39, 0.29) is 0 Å². The van der Waals surface area contributed by atoms with Crippen LogP contribution in [0.5, 0.6) is 0 Å². The third-order valence-electron chi connectivity index (χ3n) is 0.243. The van der Waals surface area contributed by atoms with Gasteiger partial charge in [0.25, 0.3) is 0 Å². The minimum atomic E-state index is -0.968. The zero-order chi connectivity index (χ0) is 4.99. The Labute approximate surface area is 40.3 Å². The molecule has 0 amide bonds. The topological polar surface area (TPSA) is 40.9 Å². The SMILES string of the molecule is N#C[C@@H](Cl)C=O. The molecule has 1 atom stereocenters. The Bertz CT molecular complexity index is 85.3. The summed E-state index contributed by atoms with van der Waals surface area (Å²) < 4.78 is 0. The van der Waals surface area contributed by atoms with Crippen molar-refractivity contribution in [1.29, 1.82) is 5.26 Å². The van der Waals surface area contributed by atoms with Gasteiger partial charge in [0.15, 0.2) is 11.7 Å². The molecule has 0 aromatic rings. The summed E-state index contributed by atoms with van der Waals surface area (Å²) in [6.45, 7) is 0.